The summed E-state index contributed by atoms with van der Waals surface area (Å²) in [6.45, 7) is 0.0198. The van der Waals surface area contributed by atoms with E-state index in [0.29, 0.717) is 0 Å². The molecular weight excluding hydrogens is 221 g/mol. The van der Waals surface area contributed by atoms with Crippen molar-refractivity contribution in [2.24, 2.45) is 0 Å². The minimum absolute atomic E-state index is 0.0942. The molecule has 0 unspecified atom stereocenters. The van der Waals surface area contributed by atoms with E-state index in [1.54, 1.807) is 6.07 Å². The lowest BCUT2D eigenvalue weighted by atomic mass is 10.1. The van der Waals surface area contributed by atoms with Gasteiger partial charge < -0.3 is 10.4 Å². The van der Waals surface area contributed by atoms with Crippen molar-refractivity contribution >= 4 is 5.69 Å². The number of nitriles is 1. The summed E-state index contributed by atoms with van der Waals surface area (Å²) in [6, 6.07) is 4.52. The number of aliphatic hydroxyl groups excluding tert-OH is 1. The van der Waals surface area contributed by atoms with Gasteiger partial charge in [-0.2, -0.15) is 18.4 Å². The Labute approximate surface area is 90.1 Å². The number of rotatable bonds is 3. The molecule has 86 valence electrons. The highest BCUT2D eigenvalue weighted by Crippen LogP contribution is 2.31. The zero-order chi connectivity index (χ0) is 12.2. The molecule has 0 aliphatic rings. The molecule has 0 saturated heterocycles. The highest BCUT2D eigenvalue weighted by atomic mass is 19.4. The van der Waals surface area contributed by atoms with E-state index in [0.717, 1.165) is 12.1 Å². The van der Waals surface area contributed by atoms with E-state index in [-0.39, 0.29) is 24.4 Å². The second-order valence-corrected chi connectivity index (χ2v) is 3.02. The topological polar surface area (TPSA) is 56.0 Å². The molecule has 0 saturated carbocycles. The van der Waals surface area contributed by atoms with Crippen molar-refractivity contribution in [3.05, 3.63) is 29.3 Å². The fourth-order valence-corrected chi connectivity index (χ4v) is 1.16. The molecule has 1 rings (SSSR count). The molecule has 0 atom stereocenters. The predicted molar refractivity (Wildman–Crippen MR) is 51.7 cm³/mol. The number of nitrogens with one attached hydrogen (secondary N) is 1. The molecule has 3 nitrogen and oxygen atoms in total. The summed E-state index contributed by atoms with van der Waals surface area (Å²) in [4.78, 5) is 0. The first-order chi connectivity index (χ1) is 7.49. The first-order valence-corrected chi connectivity index (χ1v) is 4.45. The number of benzene rings is 1. The van der Waals surface area contributed by atoms with Crippen LogP contribution in [0.5, 0.6) is 0 Å². The third-order valence-electron chi connectivity index (χ3n) is 1.89. The molecule has 0 aliphatic heterocycles. The van der Waals surface area contributed by atoms with Crippen LogP contribution in [0.1, 0.15) is 11.1 Å². The highest BCUT2D eigenvalue weighted by Gasteiger charge is 2.30. The second-order valence-electron chi connectivity index (χ2n) is 3.02. The van der Waals surface area contributed by atoms with Crippen LogP contribution in [0.3, 0.4) is 0 Å². The molecular formula is C10H9F3N2O. The van der Waals surface area contributed by atoms with Gasteiger partial charge in [-0.05, 0) is 18.2 Å². The maximum atomic E-state index is 12.3. The third kappa shape index (κ3) is 2.87. The fourth-order valence-electron chi connectivity index (χ4n) is 1.16. The molecule has 0 radical (unpaired) electrons. The van der Waals surface area contributed by atoms with Crippen LogP contribution in [0.4, 0.5) is 18.9 Å². The Morgan fingerprint density at radius 1 is 1.38 bits per heavy atom. The van der Waals surface area contributed by atoms with Crippen molar-refractivity contribution in [2.75, 3.05) is 18.5 Å². The first-order valence-electron chi connectivity index (χ1n) is 4.45. The van der Waals surface area contributed by atoms with E-state index < -0.39 is 11.7 Å². The lowest BCUT2D eigenvalue weighted by Crippen LogP contribution is -2.09. The predicted octanol–water partition coefficient (Wildman–Crippen LogP) is 1.98. The summed E-state index contributed by atoms with van der Waals surface area (Å²) in [7, 11) is 0. The molecule has 1 aromatic carbocycles. The first kappa shape index (κ1) is 12.3. The standard InChI is InChI=1S/C10H9F3N2O/c11-10(12,13)8-1-2-9(15-3-4-16)7(5-8)6-14/h1-2,5,15-16H,3-4H2. The van der Waals surface area contributed by atoms with Crippen LogP contribution < -0.4 is 5.32 Å². The van der Waals surface area contributed by atoms with Gasteiger partial charge in [0.25, 0.3) is 0 Å². The van der Waals surface area contributed by atoms with Gasteiger partial charge in [-0.3, -0.25) is 0 Å². The van der Waals surface area contributed by atoms with E-state index >= 15 is 0 Å². The number of hydrogen-bond acceptors (Lipinski definition) is 3. The number of alkyl halides is 3. The Balaban J connectivity index is 3.04. The Kier molecular flexibility index (Phi) is 3.74. The average Bonchev–Trinajstić information content (AvgIpc) is 2.24. The van der Waals surface area contributed by atoms with Crippen molar-refractivity contribution in [1.29, 1.82) is 5.26 Å². The number of aliphatic hydroxyl groups is 1. The molecule has 0 bridgehead atoms. The molecule has 0 spiro atoms. The van der Waals surface area contributed by atoms with Crippen LogP contribution in [0.25, 0.3) is 0 Å². The molecule has 0 heterocycles. The summed E-state index contributed by atoms with van der Waals surface area (Å²) in [6.07, 6.45) is -4.46. The van der Waals surface area contributed by atoms with Crippen molar-refractivity contribution in [3.8, 4) is 6.07 Å². The maximum Gasteiger partial charge on any atom is 0.416 e. The molecule has 0 aliphatic carbocycles. The summed E-state index contributed by atoms with van der Waals surface area (Å²) in [5, 5.41) is 19.9. The van der Waals surface area contributed by atoms with E-state index in [9.17, 15) is 13.2 Å². The number of halogens is 3. The van der Waals surface area contributed by atoms with Crippen molar-refractivity contribution in [1.82, 2.24) is 0 Å². The van der Waals surface area contributed by atoms with E-state index in [1.165, 1.54) is 6.07 Å². The van der Waals surface area contributed by atoms with Crippen LogP contribution >= 0.6 is 0 Å². The third-order valence-corrected chi connectivity index (χ3v) is 1.89. The minimum Gasteiger partial charge on any atom is -0.395 e. The number of hydrogen-bond donors (Lipinski definition) is 2. The van der Waals surface area contributed by atoms with Gasteiger partial charge in [0.05, 0.1) is 23.4 Å². The highest BCUT2D eigenvalue weighted by molar-refractivity contribution is 5.58. The second kappa shape index (κ2) is 4.86. The SMILES string of the molecule is N#Cc1cc(C(F)(F)F)ccc1NCCO. The molecule has 16 heavy (non-hydrogen) atoms. The summed E-state index contributed by atoms with van der Waals surface area (Å²) >= 11 is 0. The maximum absolute atomic E-state index is 12.3. The quantitative estimate of drug-likeness (QED) is 0.834. The van der Waals surface area contributed by atoms with Crippen LogP contribution in [-0.2, 0) is 6.18 Å². The van der Waals surface area contributed by atoms with Crippen LogP contribution in [-0.4, -0.2) is 18.3 Å². The van der Waals surface area contributed by atoms with E-state index in [4.69, 9.17) is 10.4 Å². The molecule has 0 amide bonds. The number of nitrogens with zero attached hydrogens (tertiary/aromatic N) is 1. The Morgan fingerprint density at radius 3 is 2.56 bits per heavy atom. The smallest absolute Gasteiger partial charge is 0.395 e. The molecule has 0 aromatic heterocycles. The average molecular weight is 230 g/mol. The van der Waals surface area contributed by atoms with Gasteiger partial charge in [-0.25, -0.2) is 0 Å². The summed E-state index contributed by atoms with van der Waals surface area (Å²) in [5.41, 5.74) is -0.675. The van der Waals surface area contributed by atoms with Crippen LogP contribution in [0.15, 0.2) is 18.2 Å². The van der Waals surface area contributed by atoms with Crippen LogP contribution in [0, 0.1) is 11.3 Å². The summed E-state index contributed by atoms with van der Waals surface area (Å²) < 4.78 is 37.0. The fraction of sp³-hybridized carbons (Fsp3) is 0.300. The summed E-state index contributed by atoms with van der Waals surface area (Å²) in [5.74, 6) is 0. The molecule has 0 fully saturated rings. The van der Waals surface area contributed by atoms with E-state index in [2.05, 4.69) is 5.32 Å². The van der Waals surface area contributed by atoms with Gasteiger partial charge in [-0.1, -0.05) is 0 Å². The Hall–Kier alpha value is -1.74. The zero-order valence-electron chi connectivity index (χ0n) is 8.17. The lowest BCUT2D eigenvalue weighted by Gasteiger charge is -2.10. The monoisotopic (exact) mass is 230 g/mol. The van der Waals surface area contributed by atoms with Gasteiger partial charge in [0.2, 0.25) is 0 Å². The number of anilines is 1. The Morgan fingerprint density at radius 2 is 2.06 bits per heavy atom. The zero-order valence-corrected chi connectivity index (χ0v) is 8.17. The minimum atomic E-state index is -4.46. The van der Waals surface area contributed by atoms with Gasteiger partial charge in [0, 0.05) is 6.54 Å². The van der Waals surface area contributed by atoms with Gasteiger partial charge in [0.15, 0.2) is 0 Å². The van der Waals surface area contributed by atoms with Gasteiger partial charge in [-0.15, -0.1) is 0 Å². The van der Waals surface area contributed by atoms with Crippen LogP contribution in [0.2, 0.25) is 0 Å². The molecule has 1 aromatic rings. The van der Waals surface area contributed by atoms with Crippen molar-refractivity contribution in [2.45, 2.75) is 6.18 Å². The van der Waals surface area contributed by atoms with E-state index in [1.807, 2.05) is 0 Å². The van der Waals surface area contributed by atoms with Crippen molar-refractivity contribution < 1.29 is 18.3 Å². The van der Waals surface area contributed by atoms with Crippen molar-refractivity contribution in [3.63, 3.8) is 0 Å². The largest absolute Gasteiger partial charge is 0.416 e. The van der Waals surface area contributed by atoms with Gasteiger partial charge >= 0.3 is 6.18 Å². The Bertz CT molecular complexity index is 410. The van der Waals surface area contributed by atoms with Gasteiger partial charge in [0.1, 0.15) is 6.07 Å². The lowest BCUT2D eigenvalue weighted by molar-refractivity contribution is -0.137. The molecule has 2 N–H and O–H groups in total. The normalized spacial score (nSPS) is 10.9. The molecule has 6 heteroatoms.